The zero-order valence-electron chi connectivity index (χ0n) is 14.7. The molecule has 3 aromatic rings. The van der Waals surface area contributed by atoms with E-state index in [1.54, 1.807) is 30.7 Å². The zero-order chi connectivity index (χ0) is 19.2. The molecule has 0 saturated carbocycles. The van der Waals surface area contributed by atoms with Crippen LogP contribution >= 0.6 is 12.6 Å². The van der Waals surface area contributed by atoms with Crippen molar-refractivity contribution in [1.82, 2.24) is 15.0 Å². The molecule has 3 N–H and O–H groups in total. The number of rotatable bonds is 4. The molecule has 0 amide bonds. The van der Waals surface area contributed by atoms with E-state index in [4.69, 9.17) is 15.2 Å². The van der Waals surface area contributed by atoms with E-state index >= 15 is 0 Å². The van der Waals surface area contributed by atoms with Gasteiger partial charge in [0.15, 0.2) is 0 Å². The second-order valence-corrected chi connectivity index (χ2v) is 5.70. The van der Waals surface area contributed by atoms with Crippen LogP contribution in [0.4, 0.5) is 21.6 Å². The molecular weight excluding hydrogens is 369 g/mol. The lowest BCUT2D eigenvalue weighted by molar-refractivity contribution is 0.138. The van der Waals surface area contributed by atoms with Gasteiger partial charge in [0, 0.05) is 18.3 Å². The lowest BCUT2D eigenvalue weighted by atomic mass is 10.2. The number of fused-ring (bicyclic) bond motifs is 1. The molecular formula is C18H20FN5O2S. The standard InChI is InChI=1S/C17H16FN5O2.CH4S/c18-12-6-10(19)7-14-15(12)16(22-9-21-14)23-13-2-1-4-20-17(13)25-11-3-5-24-8-11;1-2/h1-2,4,6-7,9,11H,3,5,8,19H2,(H,21,22,23);2H,1H3. The van der Waals surface area contributed by atoms with E-state index in [0.29, 0.717) is 41.8 Å². The Hall–Kier alpha value is -2.65. The van der Waals surface area contributed by atoms with Crippen LogP contribution in [0.15, 0.2) is 36.8 Å². The van der Waals surface area contributed by atoms with E-state index in [-0.39, 0.29) is 11.5 Å². The molecule has 9 heteroatoms. The summed E-state index contributed by atoms with van der Waals surface area (Å²) in [6.07, 6.45) is 5.44. The van der Waals surface area contributed by atoms with Crippen molar-refractivity contribution < 1.29 is 13.9 Å². The first kappa shape index (κ1) is 19.1. The van der Waals surface area contributed by atoms with Gasteiger partial charge in [-0.15, -0.1) is 0 Å². The van der Waals surface area contributed by atoms with E-state index in [1.165, 1.54) is 12.4 Å². The van der Waals surface area contributed by atoms with Gasteiger partial charge in [-0.05, 0) is 30.5 Å². The number of nitrogens with two attached hydrogens (primary N) is 1. The number of benzene rings is 1. The Labute approximate surface area is 161 Å². The molecule has 2 aromatic heterocycles. The first-order chi connectivity index (χ1) is 13.2. The Morgan fingerprint density at radius 1 is 1.30 bits per heavy atom. The van der Waals surface area contributed by atoms with Crippen LogP contribution in [0, 0.1) is 5.82 Å². The lowest BCUT2D eigenvalue weighted by Gasteiger charge is -2.15. The van der Waals surface area contributed by atoms with Gasteiger partial charge in [0.05, 0.1) is 24.1 Å². The summed E-state index contributed by atoms with van der Waals surface area (Å²) in [5, 5.41) is 3.35. The Bertz CT molecular complexity index is 921. The minimum absolute atomic E-state index is 0.0471. The highest BCUT2D eigenvalue weighted by atomic mass is 32.1. The number of thiol groups is 1. The van der Waals surface area contributed by atoms with Gasteiger partial charge in [-0.3, -0.25) is 0 Å². The molecule has 0 bridgehead atoms. The minimum Gasteiger partial charge on any atom is -0.470 e. The highest BCUT2D eigenvalue weighted by Gasteiger charge is 2.20. The predicted octanol–water partition coefficient (Wildman–Crippen LogP) is 3.20. The molecule has 0 spiro atoms. The van der Waals surface area contributed by atoms with Crippen molar-refractivity contribution in [2.75, 3.05) is 30.5 Å². The third-order valence-electron chi connectivity index (χ3n) is 3.90. The third kappa shape index (κ3) is 4.37. The molecule has 4 rings (SSSR count). The van der Waals surface area contributed by atoms with Crippen molar-refractivity contribution >= 4 is 40.7 Å². The van der Waals surface area contributed by atoms with E-state index in [9.17, 15) is 4.39 Å². The normalized spacial score (nSPS) is 15.9. The van der Waals surface area contributed by atoms with Crippen LogP contribution in [0.1, 0.15) is 6.42 Å². The third-order valence-corrected chi connectivity index (χ3v) is 3.90. The molecule has 1 unspecified atom stereocenters. The molecule has 27 heavy (non-hydrogen) atoms. The van der Waals surface area contributed by atoms with E-state index in [0.717, 1.165) is 6.42 Å². The van der Waals surface area contributed by atoms with Crippen LogP contribution in [0.2, 0.25) is 0 Å². The fourth-order valence-electron chi connectivity index (χ4n) is 2.73. The van der Waals surface area contributed by atoms with Crippen LogP contribution in [0.25, 0.3) is 10.9 Å². The van der Waals surface area contributed by atoms with Crippen molar-refractivity contribution in [3.8, 4) is 5.88 Å². The summed E-state index contributed by atoms with van der Waals surface area (Å²) in [7, 11) is 0. The topological polar surface area (TPSA) is 95.2 Å². The van der Waals surface area contributed by atoms with Gasteiger partial charge in [-0.2, -0.15) is 12.6 Å². The number of aromatic nitrogens is 3. The SMILES string of the molecule is CS.Nc1cc(F)c2c(Nc3cccnc3OC3CCOC3)ncnc2c1. The maximum absolute atomic E-state index is 14.4. The summed E-state index contributed by atoms with van der Waals surface area (Å²) in [4.78, 5) is 12.5. The highest BCUT2D eigenvalue weighted by molar-refractivity contribution is 7.79. The quantitative estimate of drug-likeness (QED) is 0.466. The molecule has 1 aliphatic heterocycles. The summed E-state index contributed by atoms with van der Waals surface area (Å²) in [6.45, 7) is 1.20. The van der Waals surface area contributed by atoms with Gasteiger partial charge in [0.25, 0.3) is 0 Å². The fourth-order valence-corrected chi connectivity index (χ4v) is 2.73. The Morgan fingerprint density at radius 3 is 2.93 bits per heavy atom. The zero-order valence-corrected chi connectivity index (χ0v) is 15.6. The number of hydrogen-bond donors (Lipinski definition) is 3. The Kier molecular flexibility index (Phi) is 6.25. The van der Waals surface area contributed by atoms with Crippen LogP contribution in [0.3, 0.4) is 0 Å². The minimum atomic E-state index is -0.492. The molecule has 1 fully saturated rings. The van der Waals surface area contributed by atoms with Gasteiger partial charge >= 0.3 is 0 Å². The van der Waals surface area contributed by atoms with Crippen LogP contribution < -0.4 is 15.8 Å². The molecule has 7 nitrogen and oxygen atoms in total. The van der Waals surface area contributed by atoms with Crippen LogP contribution in [-0.2, 0) is 4.74 Å². The Morgan fingerprint density at radius 2 is 2.15 bits per heavy atom. The van der Waals surface area contributed by atoms with E-state index < -0.39 is 5.82 Å². The second-order valence-electron chi connectivity index (χ2n) is 5.70. The maximum atomic E-state index is 14.4. The van der Waals surface area contributed by atoms with E-state index in [1.807, 2.05) is 0 Å². The number of nitrogens with one attached hydrogen (secondary N) is 1. The molecule has 1 aromatic carbocycles. The highest BCUT2D eigenvalue weighted by Crippen LogP contribution is 2.31. The first-order valence-electron chi connectivity index (χ1n) is 8.31. The largest absolute Gasteiger partial charge is 0.470 e. The van der Waals surface area contributed by atoms with Gasteiger partial charge in [-0.1, -0.05) is 0 Å². The summed E-state index contributed by atoms with van der Waals surface area (Å²) in [6, 6.07) is 6.40. The second kappa shape index (κ2) is 8.83. The van der Waals surface area contributed by atoms with Crippen LogP contribution in [-0.4, -0.2) is 40.5 Å². The number of ether oxygens (including phenoxy) is 2. The molecule has 0 radical (unpaired) electrons. The predicted molar refractivity (Wildman–Crippen MR) is 106 cm³/mol. The van der Waals surface area contributed by atoms with Gasteiger partial charge < -0.3 is 20.5 Å². The summed E-state index contributed by atoms with van der Waals surface area (Å²) in [5.41, 5.74) is 7.00. The van der Waals surface area contributed by atoms with Crippen molar-refractivity contribution in [3.05, 3.63) is 42.6 Å². The number of nitrogens with zero attached hydrogens (tertiary/aromatic N) is 3. The van der Waals surface area contributed by atoms with Crippen molar-refractivity contribution in [3.63, 3.8) is 0 Å². The number of halogens is 1. The number of anilines is 3. The van der Waals surface area contributed by atoms with Gasteiger partial charge in [0.2, 0.25) is 5.88 Å². The summed E-state index contributed by atoms with van der Waals surface area (Å²) in [5.74, 6) is 0.247. The fraction of sp³-hybridized carbons (Fsp3) is 0.278. The smallest absolute Gasteiger partial charge is 0.238 e. The van der Waals surface area contributed by atoms with Crippen molar-refractivity contribution in [2.24, 2.45) is 0 Å². The molecule has 1 saturated heterocycles. The molecule has 1 aliphatic rings. The number of hydrogen-bond acceptors (Lipinski definition) is 8. The lowest BCUT2D eigenvalue weighted by Crippen LogP contribution is -2.17. The average molecular weight is 389 g/mol. The van der Waals surface area contributed by atoms with Crippen molar-refractivity contribution in [2.45, 2.75) is 12.5 Å². The molecule has 1 atom stereocenters. The number of pyridine rings is 1. The molecule has 0 aliphatic carbocycles. The van der Waals surface area contributed by atoms with Crippen LogP contribution in [0.5, 0.6) is 5.88 Å². The van der Waals surface area contributed by atoms with Gasteiger partial charge in [0.1, 0.15) is 29.8 Å². The molecule has 142 valence electrons. The maximum Gasteiger partial charge on any atom is 0.238 e. The summed E-state index contributed by atoms with van der Waals surface area (Å²) >= 11 is 3.53. The van der Waals surface area contributed by atoms with E-state index in [2.05, 4.69) is 32.9 Å². The average Bonchev–Trinajstić information content (AvgIpc) is 3.18. The van der Waals surface area contributed by atoms with Crippen molar-refractivity contribution in [1.29, 1.82) is 0 Å². The monoisotopic (exact) mass is 389 g/mol. The molecule has 3 heterocycles. The van der Waals surface area contributed by atoms with Gasteiger partial charge in [-0.25, -0.2) is 19.3 Å². The first-order valence-corrected chi connectivity index (χ1v) is 9.21. The summed E-state index contributed by atoms with van der Waals surface area (Å²) < 4.78 is 25.6. The Balaban J connectivity index is 0.00000102. The number of nitrogen functional groups attached to an aromatic ring is 1.